The summed E-state index contributed by atoms with van der Waals surface area (Å²) in [5.41, 5.74) is 0. The molecule has 1 aliphatic heterocycles. The van der Waals surface area contributed by atoms with Gasteiger partial charge in [0, 0.05) is 46.4 Å². The van der Waals surface area contributed by atoms with Crippen LogP contribution in [0.3, 0.4) is 0 Å². The normalized spacial score (nSPS) is 17.2. The molecule has 1 saturated heterocycles. The molecule has 1 aliphatic rings. The molecule has 10 heteroatoms. The minimum absolute atomic E-state index is 0.00470. The van der Waals surface area contributed by atoms with Crippen molar-refractivity contribution < 1.29 is 24.0 Å². The quantitative estimate of drug-likeness (QED) is 0.300. The van der Waals surface area contributed by atoms with Crippen LogP contribution in [0.2, 0.25) is 0 Å². The number of unbranched alkanes of at least 4 members (excludes halogenated alkanes) is 2. The van der Waals surface area contributed by atoms with Gasteiger partial charge < -0.3 is 15.1 Å². The van der Waals surface area contributed by atoms with Crippen molar-refractivity contribution in [1.29, 1.82) is 0 Å². The molecule has 1 heterocycles. The number of thioether (sulfide) groups is 1. The first-order valence-electron chi connectivity index (χ1n) is 10.6. The Morgan fingerprint density at radius 1 is 1.16 bits per heavy atom. The Morgan fingerprint density at radius 2 is 1.84 bits per heavy atom. The maximum absolute atomic E-state index is 12.5. The summed E-state index contributed by atoms with van der Waals surface area (Å²) in [6.07, 6.45) is 2.86. The highest BCUT2D eigenvalue weighted by atomic mass is 32.2. The minimum Gasteiger partial charge on any atom is -0.353 e. The van der Waals surface area contributed by atoms with Gasteiger partial charge >= 0.3 is 0 Å². The Kier molecular flexibility index (Phi) is 11.8. The molecule has 1 rings (SSSR count). The van der Waals surface area contributed by atoms with Gasteiger partial charge in [0.25, 0.3) is 0 Å². The number of likely N-dealkylation sites (tertiary alicyclic amines) is 1. The summed E-state index contributed by atoms with van der Waals surface area (Å²) in [5.74, 6) is -0.142. The molecular formula is C21H36N4O5S. The molecule has 1 fully saturated rings. The van der Waals surface area contributed by atoms with E-state index in [0.29, 0.717) is 25.9 Å². The number of nitrogens with zero attached hydrogens (tertiary/aromatic N) is 3. The Morgan fingerprint density at radius 3 is 2.39 bits per heavy atom. The van der Waals surface area contributed by atoms with Gasteiger partial charge in [-0.15, -0.1) is 11.8 Å². The monoisotopic (exact) mass is 456 g/mol. The molecule has 9 nitrogen and oxygen atoms in total. The first kappa shape index (κ1) is 27.1. The lowest BCUT2D eigenvalue weighted by atomic mass is 10.1. The van der Waals surface area contributed by atoms with Crippen LogP contribution >= 0.6 is 11.8 Å². The summed E-state index contributed by atoms with van der Waals surface area (Å²) in [6.45, 7) is 2.53. The van der Waals surface area contributed by atoms with E-state index in [9.17, 15) is 24.0 Å². The molecular weight excluding hydrogens is 420 g/mol. The summed E-state index contributed by atoms with van der Waals surface area (Å²) in [6, 6.07) is -0.800. The van der Waals surface area contributed by atoms with Crippen molar-refractivity contribution in [3.05, 3.63) is 0 Å². The second-order valence-electron chi connectivity index (χ2n) is 8.19. The van der Waals surface area contributed by atoms with E-state index < -0.39 is 6.04 Å². The van der Waals surface area contributed by atoms with E-state index in [1.165, 1.54) is 35.5 Å². The smallest absolute Gasteiger partial charge is 0.243 e. The van der Waals surface area contributed by atoms with Crippen molar-refractivity contribution >= 4 is 41.2 Å². The van der Waals surface area contributed by atoms with Crippen LogP contribution in [0.5, 0.6) is 0 Å². The van der Waals surface area contributed by atoms with Crippen LogP contribution < -0.4 is 5.32 Å². The average Bonchev–Trinajstić information content (AvgIpc) is 2.94. The number of imide groups is 1. The van der Waals surface area contributed by atoms with Gasteiger partial charge in [-0.2, -0.15) is 0 Å². The highest BCUT2D eigenvalue weighted by Crippen LogP contribution is 2.25. The van der Waals surface area contributed by atoms with Crippen LogP contribution in [-0.4, -0.2) is 102 Å². The molecule has 0 aliphatic carbocycles. The number of nitrogens with one attached hydrogen (secondary N) is 1. The second kappa shape index (κ2) is 13.5. The summed E-state index contributed by atoms with van der Waals surface area (Å²) in [7, 11) is 6.87. The van der Waals surface area contributed by atoms with E-state index in [2.05, 4.69) is 5.32 Å². The molecule has 176 valence electrons. The second-order valence-corrected chi connectivity index (χ2v) is 9.50. The zero-order chi connectivity index (χ0) is 23.6. The van der Waals surface area contributed by atoms with Crippen molar-refractivity contribution in [2.24, 2.45) is 0 Å². The average molecular weight is 457 g/mol. The Balaban J connectivity index is 2.36. The number of rotatable bonds is 14. The number of Topliss-reactive ketones (excluding diaryl/α,β-unsaturated/α-hetero) is 1. The van der Waals surface area contributed by atoms with Crippen LogP contribution in [0, 0.1) is 0 Å². The van der Waals surface area contributed by atoms with E-state index in [0.717, 1.165) is 18.6 Å². The maximum Gasteiger partial charge on any atom is 0.243 e. The van der Waals surface area contributed by atoms with Crippen molar-refractivity contribution in [2.75, 3.05) is 47.0 Å². The lowest BCUT2D eigenvalue weighted by Gasteiger charge is -2.27. The summed E-state index contributed by atoms with van der Waals surface area (Å²) < 4.78 is 0. The van der Waals surface area contributed by atoms with Crippen LogP contribution in [0.4, 0.5) is 0 Å². The third-order valence-electron chi connectivity index (χ3n) is 5.20. The Hall–Kier alpha value is -1.94. The van der Waals surface area contributed by atoms with E-state index in [-0.39, 0.29) is 47.5 Å². The third kappa shape index (κ3) is 9.39. The van der Waals surface area contributed by atoms with Crippen molar-refractivity contribution in [3.8, 4) is 0 Å². The fraction of sp³-hybridized carbons (Fsp3) is 0.762. The Labute approximate surface area is 189 Å². The van der Waals surface area contributed by atoms with Crippen LogP contribution in [0.1, 0.15) is 45.4 Å². The number of carbonyl (C=O) groups is 5. The van der Waals surface area contributed by atoms with Gasteiger partial charge in [-0.3, -0.25) is 28.9 Å². The Bertz CT molecular complexity index is 670. The number of likely N-dealkylation sites (N-methyl/N-ethyl adjacent to an activating group) is 2. The van der Waals surface area contributed by atoms with Gasteiger partial charge in [-0.05, 0) is 39.6 Å². The van der Waals surface area contributed by atoms with E-state index >= 15 is 0 Å². The van der Waals surface area contributed by atoms with Gasteiger partial charge in [-0.25, -0.2) is 0 Å². The molecule has 0 aromatic carbocycles. The zero-order valence-corrected chi connectivity index (χ0v) is 20.1. The number of ketones is 1. The van der Waals surface area contributed by atoms with Crippen molar-refractivity contribution in [1.82, 2.24) is 20.0 Å². The first-order chi connectivity index (χ1) is 14.5. The molecule has 0 spiro atoms. The van der Waals surface area contributed by atoms with Gasteiger partial charge in [-0.1, -0.05) is 6.42 Å². The standard InChI is InChI=1S/C21H36N4O5S/c1-15(26)13-16(20(29)22-10-11-23(2)3)24(4)18(27)9-7-6-8-12-31-17-14-19(28)25(5)21(17)30/h16-17H,6-14H2,1-5H3,(H,22,29). The van der Waals surface area contributed by atoms with Crippen LogP contribution in [0.15, 0.2) is 0 Å². The molecule has 0 aromatic rings. The topological polar surface area (TPSA) is 107 Å². The van der Waals surface area contributed by atoms with Gasteiger partial charge in [0.2, 0.25) is 23.6 Å². The lowest BCUT2D eigenvalue weighted by molar-refractivity contribution is -0.140. The van der Waals surface area contributed by atoms with Crippen LogP contribution in [0.25, 0.3) is 0 Å². The largest absolute Gasteiger partial charge is 0.353 e. The highest BCUT2D eigenvalue weighted by Gasteiger charge is 2.35. The molecule has 4 amide bonds. The summed E-state index contributed by atoms with van der Waals surface area (Å²) in [4.78, 5) is 64.5. The molecule has 0 saturated carbocycles. The molecule has 0 aromatic heterocycles. The van der Waals surface area contributed by atoms with E-state index in [1.807, 2.05) is 19.0 Å². The fourth-order valence-corrected chi connectivity index (χ4v) is 4.40. The highest BCUT2D eigenvalue weighted by molar-refractivity contribution is 8.00. The molecule has 0 radical (unpaired) electrons. The SMILES string of the molecule is CC(=O)CC(C(=O)NCCN(C)C)N(C)C(=O)CCCCCSC1CC(=O)N(C)C1=O. The van der Waals surface area contributed by atoms with Crippen LogP contribution in [-0.2, 0) is 24.0 Å². The molecule has 2 atom stereocenters. The van der Waals surface area contributed by atoms with Gasteiger partial charge in [0.1, 0.15) is 11.8 Å². The lowest BCUT2D eigenvalue weighted by Crippen LogP contribution is -2.49. The van der Waals surface area contributed by atoms with Crippen molar-refractivity contribution in [3.63, 3.8) is 0 Å². The minimum atomic E-state index is -0.800. The maximum atomic E-state index is 12.5. The first-order valence-corrected chi connectivity index (χ1v) is 11.7. The number of hydrogen-bond acceptors (Lipinski definition) is 7. The summed E-state index contributed by atoms with van der Waals surface area (Å²) in [5, 5.41) is 2.50. The number of hydrogen-bond donors (Lipinski definition) is 1. The fourth-order valence-electron chi connectivity index (χ4n) is 3.18. The molecule has 1 N–H and O–H groups in total. The summed E-state index contributed by atoms with van der Waals surface area (Å²) >= 11 is 1.49. The zero-order valence-electron chi connectivity index (χ0n) is 19.3. The van der Waals surface area contributed by atoms with Gasteiger partial charge in [0.15, 0.2) is 0 Å². The van der Waals surface area contributed by atoms with Crippen molar-refractivity contribution in [2.45, 2.75) is 56.7 Å². The number of amides is 4. The molecule has 31 heavy (non-hydrogen) atoms. The molecule has 2 unspecified atom stereocenters. The third-order valence-corrected chi connectivity index (χ3v) is 6.49. The molecule has 0 bridgehead atoms. The van der Waals surface area contributed by atoms with Gasteiger partial charge in [0.05, 0.1) is 5.25 Å². The number of carbonyl (C=O) groups excluding carboxylic acids is 5. The predicted octanol–water partition coefficient (Wildman–Crippen LogP) is 0.521. The van der Waals surface area contributed by atoms with E-state index in [1.54, 1.807) is 7.05 Å². The predicted molar refractivity (Wildman–Crippen MR) is 121 cm³/mol. The van der Waals surface area contributed by atoms with E-state index in [4.69, 9.17) is 0 Å².